The highest BCUT2D eigenvalue weighted by Gasteiger charge is 2.39. The molecule has 1 saturated heterocycles. The van der Waals surface area contributed by atoms with Crippen LogP contribution < -0.4 is 5.32 Å². The van der Waals surface area contributed by atoms with Crippen LogP contribution in [-0.4, -0.2) is 35.3 Å². The van der Waals surface area contributed by atoms with E-state index >= 15 is 0 Å². The maximum absolute atomic E-state index is 12.2. The molecular weight excluding hydrogens is 312 g/mol. The molecule has 4 nitrogen and oxygen atoms in total. The van der Waals surface area contributed by atoms with Crippen LogP contribution in [-0.2, 0) is 16.0 Å². The molecule has 1 fully saturated rings. The Balaban J connectivity index is 1.73. The predicted octanol–water partition coefficient (Wildman–Crippen LogP) is 3.04. The van der Waals surface area contributed by atoms with Gasteiger partial charge in [-0.15, -0.1) is 0 Å². The molecular formula is C18H25ClN2O2. The molecule has 1 heterocycles. The molecule has 1 aromatic carbocycles. The van der Waals surface area contributed by atoms with Crippen LogP contribution in [0.3, 0.4) is 0 Å². The summed E-state index contributed by atoms with van der Waals surface area (Å²) in [5.41, 5.74) is 0.986. The van der Waals surface area contributed by atoms with E-state index in [1.54, 1.807) is 4.90 Å². The minimum absolute atomic E-state index is 0.0128. The molecule has 126 valence electrons. The summed E-state index contributed by atoms with van der Waals surface area (Å²) in [6, 6.07) is 7.75. The molecule has 1 N–H and O–H groups in total. The van der Waals surface area contributed by atoms with E-state index in [1.165, 1.54) is 5.56 Å². The monoisotopic (exact) mass is 336 g/mol. The van der Waals surface area contributed by atoms with Crippen molar-refractivity contribution in [3.05, 3.63) is 34.9 Å². The van der Waals surface area contributed by atoms with Gasteiger partial charge in [-0.2, -0.15) is 0 Å². The van der Waals surface area contributed by atoms with E-state index in [-0.39, 0.29) is 23.3 Å². The van der Waals surface area contributed by atoms with Crippen molar-refractivity contribution >= 4 is 23.4 Å². The van der Waals surface area contributed by atoms with Gasteiger partial charge in [0.1, 0.15) is 0 Å². The van der Waals surface area contributed by atoms with Crippen LogP contribution in [0.2, 0.25) is 5.02 Å². The van der Waals surface area contributed by atoms with E-state index in [9.17, 15) is 9.59 Å². The van der Waals surface area contributed by atoms with Crippen molar-refractivity contribution in [2.24, 2.45) is 5.92 Å². The van der Waals surface area contributed by atoms with Gasteiger partial charge < -0.3 is 10.2 Å². The first-order valence-corrected chi connectivity index (χ1v) is 8.48. The van der Waals surface area contributed by atoms with Crippen molar-refractivity contribution in [3.63, 3.8) is 0 Å². The fraction of sp³-hybridized carbons (Fsp3) is 0.556. The minimum atomic E-state index is -0.225. The first-order valence-electron chi connectivity index (χ1n) is 8.10. The number of carbonyl (C=O) groups excluding carboxylic acids is 2. The Morgan fingerprint density at radius 2 is 1.96 bits per heavy atom. The fourth-order valence-electron chi connectivity index (χ4n) is 2.83. The number of halogens is 1. The van der Waals surface area contributed by atoms with E-state index in [4.69, 9.17) is 11.6 Å². The van der Waals surface area contributed by atoms with Crippen LogP contribution in [0.1, 0.15) is 39.2 Å². The lowest BCUT2D eigenvalue weighted by atomic mass is 10.1. The van der Waals surface area contributed by atoms with Crippen LogP contribution in [0.15, 0.2) is 24.3 Å². The van der Waals surface area contributed by atoms with Gasteiger partial charge in [-0.3, -0.25) is 9.59 Å². The van der Waals surface area contributed by atoms with Gasteiger partial charge >= 0.3 is 0 Å². The molecule has 0 aromatic heterocycles. The average molecular weight is 337 g/mol. The molecule has 0 spiro atoms. The summed E-state index contributed by atoms with van der Waals surface area (Å²) in [4.78, 5) is 26.0. The number of rotatable bonds is 5. The number of nitrogens with zero attached hydrogens (tertiary/aromatic N) is 1. The Kier molecular flexibility index (Phi) is 5.69. The Hall–Kier alpha value is -1.55. The van der Waals surface area contributed by atoms with Gasteiger partial charge in [0.25, 0.3) is 0 Å². The summed E-state index contributed by atoms with van der Waals surface area (Å²) < 4.78 is 0. The molecule has 0 saturated carbocycles. The maximum Gasteiger partial charge on any atom is 0.225 e. The van der Waals surface area contributed by atoms with Gasteiger partial charge in [0.05, 0.1) is 5.92 Å². The second-order valence-electron chi connectivity index (χ2n) is 7.10. The summed E-state index contributed by atoms with van der Waals surface area (Å²) >= 11 is 5.85. The zero-order chi connectivity index (χ0) is 17.0. The highest BCUT2D eigenvalue weighted by atomic mass is 35.5. The molecule has 2 amide bonds. The maximum atomic E-state index is 12.2. The summed E-state index contributed by atoms with van der Waals surface area (Å²) in [5.74, 6) is -0.169. The largest absolute Gasteiger partial charge is 0.356 e. The van der Waals surface area contributed by atoms with Crippen LogP contribution in [0.25, 0.3) is 0 Å². The van der Waals surface area contributed by atoms with Crippen LogP contribution in [0.4, 0.5) is 0 Å². The van der Waals surface area contributed by atoms with Gasteiger partial charge in [-0.1, -0.05) is 23.7 Å². The second-order valence-corrected chi connectivity index (χ2v) is 7.53. The molecule has 0 bridgehead atoms. The molecule has 5 heteroatoms. The first-order chi connectivity index (χ1) is 10.8. The van der Waals surface area contributed by atoms with E-state index in [1.807, 2.05) is 45.0 Å². The highest BCUT2D eigenvalue weighted by molar-refractivity contribution is 6.30. The van der Waals surface area contributed by atoms with Crippen molar-refractivity contribution in [2.75, 3.05) is 13.1 Å². The summed E-state index contributed by atoms with van der Waals surface area (Å²) in [7, 11) is 0. The van der Waals surface area contributed by atoms with E-state index < -0.39 is 0 Å². The molecule has 0 radical (unpaired) electrons. The molecule has 1 atom stereocenters. The molecule has 0 aliphatic carbocycles. The highest BCUT2D eigenvalue weighted by Crippen LogP contribution is 2.25. The van der Waals surface area contributed by atoms with Crippen molar-refractivity contribution in [2.45, 2.75) is 45.6 Å². The lowest BCUT2D eigenvalue weighted by Gasteiger charge is -2.31. The molecule has 1 aliphatic rings. The minimum Gasteiger partial charge on any atom is -0.356 e. The molecule has 23 heavy (non-hydrogen) atoms. The standard InChI is InChI=1S/C18H25ClN2O2/c1-18(2,3)21-12-14(11-16(21)22)17(23)20-10-4-5-13-6-8-15(19)9-7-13/h6-9,14H,4-5,10-12H2,1-3H3,(H,20,23)/t14-/m1/s1. The summed E-state index contributed by atoms with van der Waals surface area (Å²) in [6.07, 6.45) is 2.09. The zero-order valence-corrected chi connectivity index (χ0v) is 14.8. The Labute approximate surface area is 143 Å². The van der Waals surface area contributed by atoms with Crippen molar-refractivity contribution in [3.8, 4) is 0 Å². The Morgan fingerprint density at radius 1 is 1.30 bits per heavy atom. The average Bonchev–Trinajstić information content (AvgIpc) is 2.87. The third kappa shape index (κ3) is 4.96. The Morgan fingerprint density at radius 3 is 2.52 bits per heavy atom. The van der Waals surface area contributed by atoms with Crippen molar-refractivity contribution in [1.29, 1.82) is 0 Å². The Bertz CT molecular complexity index is 563. The topological polar surface area (TPSA) is 49.4 Å². The fourth-order valence-corrected chi connectivity index (χ4v) is 2.96. The van der Waals surface area contributed by atoms with Gasteiger partial charge in [0, 0.05) is 30.1 Å². The van der Waals surface area contributed by atoms with Gasteiger partial charge in [0.15, 0.2) is 0 Å². The van der Waals surface area contributed by atoms with E-state index in [2.05, 4.69) is 5.32 Å². The normalized spacial score (nSPS) is 18.3. The molecule has 1 aliphatic heterocycles. The molecule has 2 rings (SSSR count). The number of nitrogens with one attached hydrogen (secondary N) is 1. The van der Waals surface area contributed by atoms with E-state index in [0.717, 1.165) is 17.9 Å². The first kappa shape index (κ1) is 17.8. The van der Waals surface area contributed by atoms with Gasteiger partial charge in [-0.25, -0.2) is 0 Å². The number of aryl methyl sites for hydroxylation is 1. The number of likely N-dealkylation sites (tertiary alicyclic amines) is 1. The lowest BCUT2D eigenvalue weighted by Crippen LogP contribution is -2.43. The third-order valence-corrected chi connectivity index (χ3v) is 4.41. The van der Waals surface area contributed by atoms with Crippen LogP contribution >= 0.6 is 11.6 Å². The number of amides is 2. The van der Waals surface area contributed by atoms with Gasteiger partial charge in [-0.05, 0) is 51.3 Å². The smallest absolute Gasteiger partial charge is 0.225 e. The third-order valence-electron chi connectivity index (χ3n) is 4.16. The van der Waals surface area contributed by atoms with E-state index in [0.29, 0.717) is 19.5 Å². The number of hydrogen-bond acceptors (Lipinski definition) is 2. The number of hydrogen-bond donors (Lipinski definition) is 1. The lowest BCUT2D eigenvalue weighted by molar-refractivity contribution is -0.132. The molecule has 0 unspecified atom stereocenters. The van der Waals surface area contributed by atoms with Crippen LogP contribution in [0, 0.1) is 5.92 Å². The van der Waals surface area contributed by atoms with Crippen LogP contribution in [0.5, 0.6) is 0 Å². The predicted molar refractivity (Wildman–Crippen MR) is 92.4 cm³/mol. The van der Waals surface area contributed by atoms with Gasteiger partial charge in [0.2, 0.25) is 11.8 Å². The van der Waals surface area contributed by atoms with Crippen molar-refractivity contribution < 1.29 is 9.59 Å². The molecule has 1 aromatic rings. The quantitative estimate of drug-likeness (QED) is 0.840. The number of carbonyl (C=O) groups is 2. The SMILES string of the molecule is CC(C)(C)N1C[C@H](C(=O)NCCCc2ccc(Cl)cc2)CC1=O. The number of benzene rings is 1. The summed E-state index contributed by atoms with van der Waals surface area (Å²) in [5, 5.41) is 3.69. The summed E-state index contributed by atoms with van der Waals surface area (Å²) in [6.45, 7) is 7.14. The van der Waals surface area contributed by atoms with Crippen molar-refractivity contribution in [1.82, 2.24) is 10.2 Å². The zero-order valence-electron chi connectivity index (χ0n) is 14.1. The second kappa shape index (κ2) is 7.35.